The molecule has 1 fully saturated rings. The van der Waals surface area contributed by atoms with Crippen molar-refractivity contribution in [3.05, 3.63) is 59.7 Å². The van der Waals surface area contributed by atoms with E-state index in [4.69, 9.17) is 0 Å². The summed E-state index contributed by atoms with van der Waals surface area (Å²) in [7, 11) is 0. The number of amides is 1. The first-order valence-electron chi connectivity index (χ1n) is 8.56. The van der Waals surface area contributed by atoms with Crippen LogP contribution in [0, 0.1) is 6.92 Å². The fourth-order valence-electron chi connectivity index (χ4n) is 3.18. The molecule has 1 aliphatic heterocycles. The lowest BCUT2D eigenvalue weighted by atomic mass is 9.91. The summed E-state index contributed by atoms with van der Waals surface area (Å²) in [4.78, 5) is 22.7. The van der Waals surface area contributed by atoms with Crippen molar-refractivity contribution in [2.45, 2.75) is 25.7 Å². The third-order valence-electron chi connectivity index (χ3n) is 4.50. The van der Waals surface area contributed by atoms with Crippen LogP contribution in [0.1, 0.15) is 40.5 Å². The highest BCUT2D eigenvalue weighted by Crippen LogP contribution is 2.26. The van der Waals surface area contributed by atoms with Crippen LogP contribution in [0.15, 0.2) is 42.7 Å². The van der Waals surface area contributed by atoms with Crippen molar-refractivity contribution >= 4 is 5.91 Å². The molecule has 5 heteroatoms. The van der Waals surface area contributed by atoms with Crippen LogP contribution in [0.2, 0.25) is 0 Å². The maximum absolute atomic E-state index is 12.1. The molecule has 126 valence electrons. The van der Waals surface area contributed by atoms with Crippen molar-refractivity contribution < 1.29 is 4.79 Å². The number of hydrogen-bond donors (Lipinski definition) is 1. The minimum Gasteiger partial charge on any atom is -0.349 e. The largest absolute Gasteiger partial charge is 0.349 e. The number of carbonyl (C=O) groups is 1. The van der Waals surface area contributed by atoms with Gasteiger partial charge in [-0.25, -0.2) is 4.98 Å². The van der Waals surface area contributed by atoms with Crippen LogP contribution in [-0.4, -0.2) is 47.0 Å². The number of hydrogen-bond acceptors (Lipinski definition) is 4. The average Bonchev–Trinajstić information content (AvgIpc) is 2.63. The molecule has 1 saturated heterocycles. The second kappa shape index (κ2) is 8.02. The number of benzene rings is 1. The van der Waals surface area contributed by atoms with Gasteiger partial charge in [0.05, 0.1) is 11.9 Å². The summed E-state index contributed by atoms with van der Waals surface area (Å²) < 4.78 is 0. The standard InChI is InChI=1S/C19H24N4O/c1-15-12-22-18(13-21-15)19(24)20-9-11-23-10-5-8-17(14-23)16-6-3-2-4-7-16/h2-4,6-7,12-13,17H,5,8-11,14H2,1H3,(H,20,24)/t17-/m1/s1. The maximum atomic E-state index is 12.1. The Morgan fingerprint density at radius 1 is 1.25 bits per heavy atom. The highest BCUT2D eigenvalue weighted by atomic mass is 16.1. The molecular weight excluding hydrogens is 300 g/mol. The topological polar surface area (TPSA) is 58.1 Å². The minimum atomic E-state index is -0.154. The number of aromatic nitrogens is 2. The lowest BCUT2D eigenvalue weighted by molar-refractivity contribution is 0.0940. The molecule has 1 aromatic heterocycles. The molecule has 2 aromatic rings. The molecule has 0 unspecified atom stereocenters. The molecule has 0 saturated carbocycles. The number of aryl methyl sites for hydroxylation is 1. The summed E-state index contributed by atoms with van der Waals surface area (Å²) in [5.74, 6) is 0.442. The van der Waals surface area contributed by atoms with Crippen LogP contribution >= 0.6 is 0 Å². The smallest absolute Gasteiger partial charge is 0.271 e. The molecule has 0 bridgehead atoms. The van der Waals surface area contributed by atoms with Crippen LogP contribution < -0.4 is 5.32 Å². The Hall–Kier alpha value is -2.27. The summed E-state index contributed by atoms with van der Waals surface area (Å²) in [5.41, 5.74) is 2.61. The third kappa shape index (κ3) is 4.38. The van der Waals surface area contributed by atoms with Crippen LogP contribution in [0.25, 0.3) is 0 Å². The molecule has 1 amide bonds. The van der Waals surface area contributed by atoms with Gasteiger partial charge in [-0.05, 0) is 37.8 Å². The Bertz CT molecular complexity index is 657. The minimum absolute atomic E-state index is 0.154. The van der Waals surface area contributed by atoms with Crippen molar-refractivity contribution in [1.29, 1.82) is 0 Å². The number of nitrogens with one attached hydrogen (secondary N) is 1. The van der Waals surface area contributed by atoms with Gasteiger partial charge in [-0.1, -0.05) is 30.3 Å². The van der Waals surface area contributed by atoms with Gasteiger partial charge in [0, 0.05) is 25.8 Å². The zero-order valence-corrected chi connectivity index (χ0v) is 14.1. The molecule has 1 aromatic carbocycles. The van der Waals surface area contributed by atoms with Crippen molar-refractivity contribution in [3.8, 4) is 0 Å². The second-order valence-electron chi connectivity index (χ2n) is 6.35. The highest BCUT2D eigenvalue weighted by Gasteiger charge is 2.21. The van der Waals surface area contributed by atoms with Crippen LogP contribution in [0.3, 0.4) is 0 Å². The molecule has 0 radical (unpaired) electrons. The Kier molecular flexibility index (Phi) is 5.54. The van der Waals surface area contributed by atoms with Gasteiger partial charge in [-0.15, -0.1) is 0 Å². The molecule has 1 N–H and O–H groups in total. The molecule has 2 heterocycles. The van der Waals surface area contributed by atoms with Crippen LogP contribution in [0.5, 0.6) is 0 Å². The fourth-order valence-corrected chi connectivity index (χ4v) is 3.18. The number of likely N-dealkylation sites (tertiary alicyclic amines) is 1. The van der Waals surface area contributed by atoms with E-state index < -0.39 is 0 Å². The lowest BCUT2D eigenvalue weighted by Crippen LogP contribution is -2.40. The van der Waals surface area contributed by atoms with E-state index >= 15 is 0 Å². The van der Waals surface area contributed by atoms with Gasteiger partial charge in [0.15, 0.2) is 0 Å². The Morgan fingerprint density at radius 3 is 2.83 bits per heavy atom. The molecular formula is C19H24N4O. The van der Waals surface area contributed by atoms with Gasteiger partial charge >= 0.3 is 0 Å². The van der Waals surface area contributed by atoms with E-state index in [-0.39, 0.29) is 5.91 Å². The first kappa shape index (κ1) is 16.6. The molecule has 0 aliphatic carbocycles. The SMILES string of the molecule is Cc1cnc(C(=O)NCCN2CCC[C@@H](c3ccccc3)C2)cn1. The quantitative estimate of drug-likeness (QED) is 0.917. The van der Waals surface area contributed by atoms with Crippen molar-refractivity contribution in [2.24, 2.45) is 0 Å². The normalized spacial score (nSPS) is 18.3. The lowest BCUT2D eigenvalue weighted by Gasteiger charge is -2.33. The monoisotopic (exact) mass is 324 g/mol. The highest BCUT2D eigenvalue weighted by molar-refractivity contribution is 5.91. The summed E-state index contributed by atoms with van der Waals surface area (Å²) in [6.45, 7) is 5.52. The summed E-state index contributed by atoms with van der Waals surface area (Å²) >= 11 is 0. The van der Waals surface area contributed by atoms with Gasteiger partial charge in [0.2, 0.25) is 0 Å². The van der Waals surface area contributed by atoms with E-state index in [0.717, 1.165) is 25.3 Å². The number of rotatable bonds is 5. The van der Waals surface area contributed by atoms with E-state index in [1.807, 2.05) is 6.92 Å². The predicted octanol–water partition coefficient (Wildman–Crippen LogP) is 2.39. The molecule has 1 atom stereocenters. The molecule has 3 rings (SSSR count). The van der Waals surface area contributed by atoms with E-state index in [2.05, 4.69) is 50.5 Å². The zero-order valence-electron chi connectivity index (χ0n) is 14.1. The van der Waals surface area contributed by atoms with Crippen molar-refractivity contribution in [1.82, 2.24) is 20.2 Å². The van der Waals surface area contributed by atoms with Gasteiger partial charge in [-0.3, -0.25) is 9.78 Å². The molecule has 0 spiro atoms. The van der Waals surface area contributed by atoms with E-state index in [1.54, 1.807) is 6.20 Å². The molecule has 5 nitrogen and oxygen atoms in total. The molecule has 24 heavy (non-hydrogen) atoms. The first-order valence-corrected chi connectivity index (χ1v) is 8.56. The Labute approximate surface area is 143 Å². The maximum Gasteiger partial charge on any atom is 0.271 e. The van der Waals surface area contributed by atoms with E-state index in [1.165, 1.54) is 24.6 Å². The summed E-state index contributed by atoms with van der Waals surface area (Å²) in [5, 5.41) is 2.94. The summed E-state index contributed by atoms with van der Waals surface area (Å²) in [6, 6.07) is 10.7. The van der Waals surface area contributed by atoms with Gasteiger partial charge in [0.25, 0.3) is 5.91 Å². The van der Waals surface area contributed by atoms with Crippen molar-refractivity contribution in [3.63, 3.8) is 0 Å². The second-order valence-corrected chi connectivity index (χ2v) is 6.35. The van der Waals surface area contributed by atoms with E-state index in [0.29, 0.717) is 18.2 Å². The van der Waals surface area contributed by atoms with Gasteiger partial charge < -0.3 is 10.2 Å². The van der Waals surface area contributed by atoms with Crippen LogP contribution in [0.4, 0.5) is 0 Å². The first-order chi connectivity index (χ1) is 11.7. The van der Waals surface area contributed by atoms with Crippen molar-refractivity contribution in [2.75, 3.05) is 26.2 Å². The Balaban J connectivity index is 1.46. The number of piperidine rings is 1. The third-order valence-corrected chi connectivity index (χ3v) is 4.50. The molecule has 1 aliphatic rings. The number of nitrogens with zero attached hydrogens (tertiary/aromatic N) is 3. The average molecular weight is 324 g/mol. The zero-order chi connectivity index (χ0) is 16.8. The van der Waals surface area contributed by atoms with Crippen LogP contribution in [-0.2, 0) is 0 Å². The fraction of sp³-hybridized carbons (Fsp3) is 0.421. The van der Waals surface area contributed by atoms with E-state index in [9.17, 15) is 4.79 Å². The number of carbonyl (C=O) groups excluding carboxylic acids is 1. The van der Waals surface area contributed by atoms with Gasteiger partial charge in [-0.2, -0.15) is 0 Å². The Morgan fingerprint density at radius 2 is 2.08 bits per heavy atom. The summed E-state index contributed by atoms with van der Waals surface area (Å²) in [6.07, 6.45) is 5.59. The predicted molar refractivity (Wildman–Crippen MR) is 94.0 cm³/mol. The van der Waals surface area contributed by atoms with Gasteiger partial charge in [0.1, 0.15) is 5.69 Å².